The number of para-hydroxylation sites is 1. The van der Waals surface area contributed by atoms with E-state index in [4.69, 9.17) is 0 Å². The number of hydrogen-bond acceptors (Lipinski definition) is 5. The summed E-state index contributed by atoms with van der Waals surface area (Å²) >= 11 is 1.45. The summed E-state index contributed by atoms with van der Waals surface area (Å²) in [5, 5.41) is 9.19. The zero-order chi connectivity index (χ0) is 22.0. The van der Waals surface area contributed by atoms with Gasteiger partial charge in [0.1, 0.15) is 0 Å². The van der Waals surface area contributed by atoms with E-state index in [1.54, 1.807) is 12.4 Å². The number of carbonyl (C=O) groups excluding carboxylic acids is 1. The summed E-state index contributed by atoms with van der Waals surface area (Å²) in [6.07, 6.45) is 3.48. The Bertz CT molecular complexity index is 1200. The van der Waals surface area contributed by atoms with Gasteiger partial charge < -0.3 is 9.13 Å². The molecule has 0 aliphatic rings. The number of aromatic nitrogens is 5. The highest BCUT2D eigenvalue weighted by molar-refractivity contribution is 8.00. The lowest BCUT2D eigenvalue weighted by atomic mass is 10.1. The molecule has 0 unspecified atom stereocenters. The molecule has 31 heavy (non-hydrogen) atoms. The summed E-state index contributed by atoms with van der Waals surface area (Å²) in [7, 11) is 0. The normalized spacial score (nSPS) is 12.1. The third-order valence-electron chi connectivity index (χ3n) is 5.33. The van der Waals surface area contributed by atoms with Gasteiger partial charge in [-0.25, -0.2) is 0 Å². The summed E-state index contributed by atoms with van der Waals surface area (Å²) < 4.78 is 4.16. The molecule has 0 radical (unpaired) electrons. The number of ketones is 1. The van der Waals surface area contributed by atoms with Crippen LogP contribution in [0.25, 0.3) is 17.1 Å². The van der Waals surface area contributed by atoms with Crippen LogP contribution in [0, 0.1) is 13.8 Å². The van der Waals surface area contributed by atoms with Gasteiger partial charge in [0.05, 0.1) is 5.25 Å². The van der Waals surface area contributed by atoms with E-state index in [-0.39, 0.29) is 11.0 Å². The molecule has 0 aliphatic heterocycles. The van der Waals surface area contributed by atoms with Gasteiger partial charge in [0, 0.05) is 47.1 Å². The maximum Gasteiger partial charge on any atom is 0.192 e. The van der Waals surface area contributed by atoms with Gasteiger partial charge in [-0.2, -0.15) is 0 Å². The van der Waals surface area contributed by atoms with Gasteiger partial charge in [-0.05, 0) is 58.0 Å². The fourth-order valence-corrected chi connectivity index (χ4v) is 4.77. The Hall–Kier alpha value is -3.19. The summed E-state index contributed by atoms with van der Waals surface area (Å²) in [6, 6.07) is 15.9. The fourth-order valence-electron chi connectivity index (χ4n) is 3.79. The van der Waals surface area contributed by atoms with Crippen LogP contribution >= 0.6 is 11.8 Å². The van der Waals surface area contributed by atoms with Crippen LogP contribution in [-0.4, -0.2) is 35.3 Å². The van der Waals surface area contributed by atoms with Gasteiger partial charge in [0.2, 0.25) is 0 Å². The molecule has 0 amide bonds. The van der Waals surface area contributed by atoms with Crippen molar-refractivity contribution < 1.29 is 4.79 Å². The molecule has 0 saturated carbocycles. The van der Waals surface area contributed by atoms with Crippen molar-refractivity contribution in [1.82, 2.24) is 24.3 Å². The second-order valence-electron chi connectivity index (χ2n) is 7.37. The molecule has 0 aliphatic carbocycles. The van der Waals surface area contributed by atoms with E-state index in [2.05, 4.69) is 38.8 Å². The van der Waals surface area contributed by atoms with Crippen LogP contribution < -0.4 is 0 Å². The van der Waals surface area contributed by atoms with Crippen molar-refractivity contribution in [1.29, 1.82) is 0 Å². The molecule has 0 saturated heterocycles. The maximum absolute atomic E-state index is 13.3. The van der Waals surface area contributed by atoms with Crippen molar-refractivity contribution in [2.24, 2.45) is 0 Å². The molecule has 4 aromatic rings. The quantitative estimate of drug-likeness (QED) is 0.300. The van der Waals surface area contributed by atoms with Gasteiger partial charge in [-0.15, -0.1) is 10.2 Å². The van der Waals surface area contributed by atoms with E-state index in [9.17, 15) is 4.79 Å². The standard InChI is InChI=1S/C24H25N5OS/c1-5-28-23(19-11-13-25-14-12-19)26-27-24(28)31-18(4)22(30)21-15-16(2)29(17(21)3)20-9-7-6-8-10-20/h6-15,18H,5H2,1-4H3/t18-/m1/s1. The number of thioether (sulfide) groups is 1. The lowest BCUT2D eigenvalue weighted by Crippen LogP contribution is -2.15. The van der Waals surface area contributed by atoms with E-state index < -0.39 is 0 Å². The molecular weight excluding hydrogens is 406 g/mol. The second-order valence-corrected chi connectivity index (χ2v) is 8.67. The van der Waals surface area contributed by atoms with Crippen LogP contribution in [-0.2, 0) is 6.54 Å². The van der Waals surface area contributed by atoms with E-state index >= 15 is 0 Å². The Balaban J connectivity index is 1.60. The number of aryl methyl sites for hydroxylation is 1. The Morgan fingerprint density at radius 2 is 1.77 bits per heavy atom. The van der Waals surface area contributed by atoms with Crippen LogP contribution in [0.5, 0.6) is 0 Å². The number of rotatable bonds is 7. The molecule has 1 atom stereocenters. The zero-order valence-electron chi connectivity index (χ0n) is 18.1. The molecule has 1 aromatic carbocycles. The van der Waals surface area contributed by atoms with Crippen LogP contribution in [0.4, 0.5) is 0 Å². The number of Topliss-reactive ketones (excluding diaryl/α,β-unsaturated/α-hetero) is 1. The van der Waals surface area contributed by atoms with Crippen molar-refractivity contribution in [2.45, 2.75) is 44.6 Å². The summed E-state index contributed by atoms with van der Waals surface area (Å²) in [6.45, 7) is 8.74. The largest absolute Gasteiger partial charge is 0.318 e. The number of benzene rings is 1. The average Bonchev–Trinajstić information content (AvgIpc) is 3.33. The number of pyridine rings is 1. The molecule has 3 aromatic heterocycles. The molecule has 158 valence electrons. The summed E-state index contributed by atoms with van der Waals surface area (Å²) in [5.41, 5.74) is 4.76. The van der Waals surface area contributed by atoms with Crippen LogP contribution in [0.3, 0.4) is 0 Å². The first kappa shape index (κ1) is 21.1. The smallest absolute Gasteiger partial charge is 0.192 e. The van der Waals surface area contributed by atoms with Gasteiger partial charge >= 0.3 is 0 Å². The minimum Gasteiger partial charge on any atom is -0.318 e. The number of nitrogens with zero attached hydrogens (tertiary/aromatic N) is 5. The van der Waals surface area contributed by atoms with Gasteiger partial charge in [0.25, 0.3) is 0 Å². The topological polar surface area (TPSA) is 65.6 Å². The lowest BCUT2D eigenvalue weighted by molar-refractivity contribution is 0.0993. The summed E-state index contributed by atoms with van der Waals surface area (Å²) in [4.78, 5) is 17.4. The first-order chi connectivity index (χ1) is 15.0. The third kappa shape index (κ3) is 4.05. The van der Waals surface area contributed by atoms with Crippen LogP contribution in [0.15, 0.2) is 66.1 Å². The van der Waals surface area contributed by atoms with Crippen LogP contribution in [0.1, 0.15) is 35.6 Å². The highest BCUT2D eigenvalue weighted by Crippen LogP contribution is 2.30. The maximum atomic E-state index is 13.3. The average molecular weight is 432 g/mol. The lowest BCUT2D eigenvalue weighted by Gasteiger charge is -2.13. The third-order valence-corrected chi connectivity index (χ3v) is 6.41. The fraction of sp³-hybridized carbons (Fsp3) is 0.250. The Morgan fingerprint density at radius 3 is 2.45 bits per heavy atom. The first-order valence-electron chi connectivity index (χ1n) is 10.3. The molecule has 7 heteroatoms. The molecule has 0 fully saturated rings. The number of carbonyl (C=O) groups is 1. The Labute approximate surface area is 186 Å². The van der Waals surface area contributed by atoms with Crippen LogP contribution in [0.2, 0.25) is 0 Å². The molecule has 0 spiro atoms. The highest BCUT2D eigenvalue weighted by atomic mass is 32.2. The summed E-state index contributed by atoms with van der Waals surface area (Å²) in [5.74, 6) is 0.880. The molecule has 0 N–H and O–H groups in total. The Morgan fingerprint density at radius 1 is 1.06 bits per heavy atom. The Kier molecular flexibility index (Phi) is 6.04. The molecule has 6 nitrogen and oxygen atoms in total. The van der Waals surface area contributed by atoms with Gasteiger partial charge in [0.15, 0.2) is 16.8 Å². The second kappa shape index (κ2) is 8.89. The first-order valence-corrected chi connectivity index (χ1v) is 11.2. The minimum atomic E-state index is -0.287. The van der Waals surface area contributed by atoms with Crippen molar-refractivity contribution in [3.05, 3.63) is 77.9 Å². The highest BCUT2D eigenvalue weighted by Gasteiger charge is 2.25. The van der Waals surface area contributed by atoms with E-state index in [0.29, 0.717) is 0 Å². The van der Waals surface area contributed by atoms with E-state index in [1.807, 2.05) is 61.7 Å². The van der Waals surface area contributed by atoms with E-state index in [1.165, 1.54) is 11.8 Å². The van der Waals surface area contributed by atoms with Crippen molar-refractivity contribution in [3.8, 4) is 17.1 Å². The monoisotopic (exact) mass is 431 g/mol. The van der Waals surface area contributed by atoms with Crippen molar-refractivity contribution >= 4 is 17.5 Å². The minimum absolute atomic E-state index is 0.0939. The SMILES string of the molecule is CCn1c(S[C@H](C)C(=O)c2cc(C)n(-c3ccccc3)c2C)nnc1-c1ccncc1. The zero-order valence-corrected chi connectivity index (χ0v) is 18.9. The van der Waals surface area contributed by atoms with Gasteiger partial charge in [-0.1, -0.05) is 30.0 Å². The number of hydrogen-bond donors (Lipinski definition) is 0. The van der Waals surface area contributed by atoms with Crippen molar-refractivity contribution in [2.75, 3.05) is 0 Å². The molecule has 0 bridgehead atoms. The molecular formula is C24H25N5OS. The van der Waals surface area contributed by atoms with Crippen molar-refractivity contribution in [3.63, 3.8) is 0 Å². The van der Waals surface area contributed by atoms with Gasteiger partial charge in [-0.3, -0.25) is 9.78 Å². The molecule has 4 rings (SSSR count). The van der Waals surface area contributed by atoms with E-state index in [0.717, 1.165) is 45.7 Å². The predicted octanol–water partition coefficient (Wildman–Crippen LogP) is 5.13. The molecule has 3 heterocycles. The predicted molar refractivity (Wildman–Crippen MR) is 124 cm³/mol.